The number of hydrogen-bond acceptors (Lipinski definition) is 3. The minimum absolute atomic E-state index is 0.121. The van der Waals surface area contributed by atoms with Crippen LogP contribution in [0.1, 0.15) is 40.8 Å². The molecule has 166 valence electrons. The lowest BCUT2D eigenvalue weighted by molar-refractivity contribution is 0.416. The maximum Gasteiger partial charge on any atom is 0.268 e. The van der Waals surface area contributed by atoms with Crippen molar-refractivity contribution in [3.63, 3.8) is 0 Å². The van der Waals surface area contributed by atoms with E-state index in [4.69, 9.17) is 0 Å². The second kappa shape index (κ2) is 7.35. The zero-order valence-electron chi connectivity index (χ0n) is 18.7. The molecule has 0 radical (unpaired) electrons. The van der Waals surface area contributed by atoms with Crippen molar-refractivity contribution in [2.75, 3.05) is 5.32 Å². The first-order valence-electron chi connectivity index (χ1n) is 11.4. The van der Waals surface area contributed by atoms with Crippen LogP contribution in [0.25, 0.3) is 10.9 Å². The molecule has 3 atom stereocenters. The molecule has 0 saturated carbocycles. The zero-order chi connectivity index (χ0) is 22.7. The summed E-state index contributed by atoms with van der Waals surface area (Å²) in [5.74, 6) is 0.532. The lowest BCUT2D eigenvalue weighted by atomic mass is 9.76. The molecule has 6 rings (SSSR count). The maximum atomic E-state index is 14.0. The van der Waals surface area contributed by atoms with Gasteiger partial charge in [0.25, 0.3) is 10.0 Å². The molecular weight excluding hydrogens is 428 g/mol. The van der Waals surface area contributed by atoms with Gasteiger partial charge in [0.15, 0.2) is 0 Å². The summed E-state index contributed by atoms with van der Waals surface area (Å²) in [6.45, 7) is 4.29. The van der Waals surface area contributed by atoms with E-state index in [0.717, 1.165) is 23.2 Å². The Balaban J connectivity index is 1.60. The third-order valence-corrected chi connectivity index (χ3v) is 9.00. The summed E-state index contributed by atoms with van der Waals surface area (Å²) in [4.78, 5) is 0.303. The molecule has 0 fully saturated rings. The highest BCUT2D eigenvalue weighted by atomic mass is 32.2. The van der Waals surface area contributed by atoms with Crippen LogP contribution < -0.4 is 5.32 Å². The fraction of sp³-hybridized carbons (Fsp3) is 0.214. The van der Waals surface area contributed by atoms with Crippen LogP contribution in [0.5, 0.6) is 0 Å². The highest BCUT2D eigenvalue weighted by Gasteiger charge is 2.41. The van der Waals surface area contributed by atoms with Gasteiger partial charge in [-0.1, -0.05) is 60.7 Å². The number of aryl methyl sites for hydroxylation is 2. The Kier molecular flexibility index (Phi) is 4.53. The van der Waals surface area contributed by atoms with Crippen molar-refractivity contribution in [2.24, 2.45) is 5.92 Å². The van der Waals surface area contributed by atoms with Gasteiger partial charge in [-0.15, -0.1) is 0 Å². The van der Waals surface area contributed by atoms with Crippen molar-refractivity contribution in [3.8, 4) is 0 Å². The van der Waals surface area contributed by atoms with Crippen LogP contribution in [0.4, 0.5) is 5.69 Å². The topological polar surface area (TPSA) is 51.1 Å². The van der Waals surface area contributed by atoms with Crippen LogP contribution in [-0.2, 0) is 10.0 Å². The van der Waals surface area contributed by atoms with E-state index in [9.17, 15) is 8.42 Å². The summed E-state index contributed by atoms with van der Waals surface area (Å²) in [5, 5.41) is 4.73. The number of allylic oxidation sites excluding steroid dienone is 2. The minimum atomic E-state index is -3.77. The van der Waals surface area contributed by atoms with Gasteiger partial charge >= 0.3 is 0 Å². The Labute approximate surface area is 194 Å². The molecule has 1 aliphatic carbocycles. The molecule has 1 N–H and O–H groups in total. The Morgan fingerprint density at radius 1 is 0.909 bits per heavy atom. The van der Waals surface area contributed by atoms with Gasteiger partial charge in [-0.05, 0) is 67.1 Å². The molecule has 0 amide bonds. The van der Waals surface area contributed by atoms with E-state index >= 15 is 0 Å². The highest BCUT2D eigenvalue weighted by Crippen LogP contribution is 2.52. The van der Waals surface area contributed by atoms with Crippen molar-refractivity contribution in [3.05, 3.63) is 107 Å². The van der Waals surface area contributed by atoms with E-state index in [-0.39, 0.29) is 17.9 Å². The van der Waals surface area contributed by atoms with E-state index in [1.807, 2.05) is 30.3 Å². The summed E-state index contributed by atoms with van der Waals surface area (Å²) in [6.07, 6.45) is 5.48. The van der Waals surface area contributed by atoms with Crippen LogP contribution in [0.2, 0.25) is 0 Å². The number of anilines is 1. The molecule has 0 bridgehead atoms. The van der Waals surface area contributed by atoms with Crippen LogP contribution in [0.3, 0.4) is 0 Å². The molecule has 4 nitrogen and oxygen atoms in total. The molecule has 2 aliphatic rings. The molecule has 0 spiro atoms. The first-order chi connectivity index (χ1) is 16.0. The normalized spacial score (nSPS) is 21.6. The van der Waals surface area contributed by atoms with Gasteiger partial charge in [-0.2, -0.15) is 0 Å². The Bertz CT molecular complexity index is 1520. The lowest BCUT2D eigenvalue weighted by Gasteiger charge is -2.39. The Hall–Kier alpha value is -3.31. The molecule has 0 saturated heterocycles. The summed E-state index contributed by atoms with van der Waals surface area (Å²) in [7, 11) is -3.77. The van der Waals surface area contributed by atoms with E-state index < -0.39 is 10.0 Å². The van der Waals surface area contributed by atoms with Gasteiger partial charge in [0.1, 0.15) is 0 Å². The number of rotatable bonds is 3. The van der Waals surface area contributed by atoms with E-state index in [1.165, 1.54) is 16.7 Å². The quantitative estimate of drug-likeness (QED) is 0.369. The number of fused-ring (bicyclic) bond motifs is 4. The molecule has 4 aromatic rings. The highest BCUT2D eigenvalue weighted by molar-refractivity contribution is 7.90. The molecule has 2 heterocycles. The first-order valence-corrected chi connectivity index (χ1v) is 12.8. The SMILES string of the molecule is Cc1ccc(C)c2c1N[C@H](c1cc3ccccc3n1S(=O)(=O)c1ccccc1)[C@@H]1CC=C[C@H]21. The monoisotopic (exact) mass is 454 g/mol. The van der Waals surface area contributed by atoms with Crippen LogP contribution in [-0.4, -0.2) is 12.4 Å². The summed E-state index contributed by atoms with van der Waals surface area (Å²) in [6, 6.07) is 22.8. The summed E-state index contributed by atoms with van der Waals surface area (Å²) >= 11 is 0. The molecule has 1 aromatic heterocycles. The van der Waals surface area contributed by atoms with Crippen molar-refractivity contribution in [1.29, 1.82) is 0 Å². The van der Waals surface area contributed by atoms with E-state index in [2.05, 4.69) is 49.5 Å². The van der Waals surface area contributed by atoms with Crippen molar-refractivity contribution < 1.29 is 8.42 Å². The second-order valence-electron chi connectivity index (χ2n) is 9.17. The standard InChI is InChI=1S/C28H26N2O2S/c1-18-15-16-19(2)27-26(18)22-12-8-13-23(22)28(29-27)25-17-20-9-6-7-14-24(20)30(25)33(31,32)21-10-4-3-5-11-21/h3-12,14-17,22-23,28-29H,13H2,1-2H3/t22-,23+,28-/m0/s1. The van der Waals surface area contributed by atoms with Gasteiger partial charge in [0.2, 0.25) is 0 Å². The van der Waals surface area contributed by atoms with Crippen LogP contribution >= 0.6 is 0 Å². The Morgan fingerprint density at radius 3 is 2.45 bits per heavy atom. The fourth-order valence-corrected chi connectivity index (χ4v) is 7.25. The van der Waals surface area contributed by atoms with E-state index in [0.29, 0.717) is 10.4 Å². The number of hydrogen-bond donors (Lipinski definition) is 1. The number of benzene rings is 3. The van der Waals surface area contributed by atoms with E-state index in [1.54, 1.807) is 28.2 Å². The molecular formula is C28H26N2O2S. The second-order valence-corrected chi connectivity index (χ2v) is 11.0. The number of nitrogens with zero attached hydrogens (tertiary/aromatic N) is 1. The van der Waals surface area contributed by atoms with Crippen LogP contribution in [0.15, 0.2) is 89.8 Å². The molecule has 0 unspecified atom stereocenters. The van der Waals surface area contributed by atoms with Crippen molar-refractivity contribution >= 4 is 26.6 Å². The number of aromatic nitrogens is 1. The minimum Gasteiger partial charge on any atom is -0.376 e. The Morgan fingerprint density at radius 2 is 1.64 bits per heavy atom. The third-order valence-electron chi connectivity index (χ3n) is 7.24. The van der Waals surface area contributed by atoms with Crippen LogP contribution in [0, 0.1) is 19.8 Å². The lowest BCUT2D eigenvalue weighted by Crippen LogP contribution is -2.32. The largest absolute Gasteiger partial charge is 0.376 e. The fourth-order valence-electron chi connectivity index (χ4n) is 5.67. The molecule has 33 heavy (non-hydrogen) atoms. The van der Waals surface area contributed by atoms with Gasteiger partial charge in [0, 0.05) is 17.0 Å². The molecule has 3 aromatic carbocycles. The number of para-hydroxylation sites is 1. The van der Waals surface area contributed by atoms with Crippen molar-refractivity contribution in [1.82, 2.24) is 3.97 Å². The average Bonchev–Trinajstić information content (AvgIpc) is 3.47. The zero-order valence-corrected chi connectivity index (χ0v) is 19.5. The summed E-state index contributed by atoms with van der Waals surface area (Å²) in [5.41, 5.74) is 6.46. The maximum absolute atomic E-state index is 14.0. The smallest absolute Gasteiger partial charge is 0.268 e. The molecule has 5 heteroatoms. The number of nitrogens with one attached hydrogen (secondary N) is 1. The molecule has 1 aliphatic heterocycles. The van der Waals surface area contributed by atoms with Gasteiger partial charge in [0.05, 0.1) is 22.1 Å². The third kappa shape index (κ3) is 2.99. The van der Waals surface area contributed by atoms with Gasteiger partial charge in [-0.3, -0.25) is 0 Å². The van der Waals surface area contributed by atoms with Gasteiger partial charge in [-0.25, -0.2) is 12.4 Å². The average molecular weight is 455 g/mol. The predicted octanol–water partition coefficient (Wildman–Crippen LogP) is 6.32. The van der Waals surface area contributed by atoms with Crippen molar-refractivity contribution in [2.45, 2.75) is 37.1 Å². The first kappa shape index (κ1) is 20.3. The van der Waals surface area contributed by atoms with Gasteiger partial charge < -0.3 is 5.32 Å². The summed E-state index contributed by atoms with van der Waals surface area (Å²) < 4.78 is 29.5. The predicted molar refractivity (Wildman–Crippen MR) is 133 cm³/mol.